The number of hydrogen-bond acceptors (Lipinski definition) is 5. The van der Waals surface area contributed by atoms with Crippen LogP contribution in [-0.4, -0.2) is 49.9 Å². The standard InChI is InChI=1S/C19H29BrO3.C15H22O3.C4H8Br2.CH4/c1-18(2,3)14-11-13(17(22)23-10-8-7-9-20)12-15(16(14)21)19(4,5)6;1-14(2,3)10-7-9(13(17)18)8-11(12(10)16)15(4,5)6;5-3-1-2-4-6;/h11-12,21H,7-10H2,1-6H3;7-8,16H,1-6H3,(H,17,18);1-4H2;1H4. The van der Waals surface area contributed by atoms with E-state index in [1.54, 1.807) is 24.3 Å². The lowest BCUT2D eigenvalue weighted by Crippen LogP contribution is -2.19. The first kappa shape index (κ1) is 48.5. The Labute approximate surface area is 317 Å². The van der Waals surface area contributed by atoms with Gasteiger partial charge in [0.05, 0.1) is 17.7 Å². The second kappa shape index (κ2) is 20.9. The highest BCUT2D eigenvalue weighted by Gasteiger charge is 2.29. The third-order valence-corrected chi connectivity index (χ3v) is 8.90. The van der Waals surface area contributed by atoms with E-state index in [1.807, 2.05) is 83.1 Å². The van der Waals surface area contributed by atoms with Crippen molar-refractivity contribution in [1.29, 1.82) is 0 Å². The van der Waals surface area contributed by atoms with Crippen molar-refractivity contribution in [2.24, 2.45) is 0 Å². The molecule has 0 fully saturated rings. The minimum absolute atomic E-state index is 0. The molecular formula is C39H63Br3O6. The fourth-order valence-corrected chi connectivity index (χ4v) is 5.62. The number of ether oxygens (including phenoxy) is 1. The van der Waals surface area contributed by atoms with E-state index in [-0.39, 0.29) is 52.1 Å². The van der Waals surface area contributed by atoms with Gasteiger partial charge in [-0.3, -0.25) is 0 Å². The number of halogens is 3. The lowest BCUT2D eigenvalue weighted by atomic mass is 9.78. The molecule has 48 heavy (non-hydrogen) atoms. The molecule has 6 nitrogen and oxygen atoms in total. The number of aromatic hydroxyl groups is 2. The fraction of sp³-hybridized carbons (Fsp3) is 0.641. The number of carbonyl (C=O) groups excluding carboxylic acids is 1. The van der Waals surface area contributed by atoms with Gasteiger partial charge in [-0.1, -0.05) is 138 Å². The Hall–Kier alpha value is -1.58. The molecule has 0 aromatic heterocycles. The van der Waals surface area contributed by atoms with Gasteiger partial charge in [-0.2, -0.15) is 0 Å². The summed E-state index contributed by atoms with van der Waals surface area (Å²) in [6.45, 7) is 24.3. The van der Waals surface area contributed by atoms with E-state index in [9.17, 15) is 24.9 Å². The number of benzene rings is 2. The summed E-state index contributed by atoms with van der Waals surface area (Å²) in [5, 5.41) is 33.4. The predicted octanol–water partition coefficient (Wildman–Crippen LogP) is 12.2. The number of phenolic OH excluding ortho intramolecular Hbond substituents is 2. The molecule has 276 valence electrons. The van der Waals surface area contributed by atoms with Gasteiger partial charge in [-0.15, -0.1) is 0 Å². The second-order valence-electron chi connectivity index (χ2n) is 15.8. The summed E-state index contributed by atoms with van der Waals surface area (Å²) in [4.78, 5) is 23.6. The number of rotatable bonds is 9. The van der Waals surface area contributed by atoms with Crippen LogP contribution in [0.2, 0.25) is 0 Å². The highest BCUT2D eigenvalue weighted by atomic mass is 79.9. The Morgan fingerprint density at radius 3 is 1.08 bits per heavy atom. The van der Waals surface area contributed by atoms with Gasteiger partial charge in [0.25, 0.3) is 0 Å². The van der Waals surface area contributed by atoms with Crippen molar-refractivity contribution >= 4 is 59.7 Å². The number of alkyl halides is 3. The topological polar surface area (TPSA) is 104 Å². The molecule has 0 radical (unpaired) electrons. The maximum atomic E-state index is 12.4. The summed E-state index contributed by atoms with van der Waals surface area (Å²) in [5.41, 5.74) is 2.53. The molecule has 3 N–H and O–H groups in total. The molecule has 9 heteroatoms. The second-order valence-corrected chi connectivity index (χ2v) is 18.1. The summed E-state index contributed by atoms with van der Waals surface area (Å²) in [6, 6.07) is 6.65. The molecule has 0 aliphatic heterocycles. The minimum Gasteiger partial charge on any atom is -0.507 e. The zero-order chi connectivity index (χ0) is 37.0. The largest absolute Gasteiger partial charge is 0.507 e. The van der Waals surface area contributed by atoms with Crippen molar-refractivity contribution in [2.75, 3.05) is 22.6 Å². The van der Waals surface area contributed by atoms with Gasteiger partial charge in [0.1, 0.15) is 11.5 Å². The zero-order valence-electron chi connectivity index (χ0n) is 30.7. The maximum absolute atomic E-state index is 12.4. The number of unbranched alkanes of at least 4 members (excludes halogenated alkanes) is 2. The quantitative estimate of drug-likeness (QED) is 0.132. The van der Waals surface area contributed by atoms with E-state index in [0.717, 1.165) is 40.0 Å². The van der Waals surface area contributed by atoms with Crippen molar-refractivity contribution in [1.82, 2.24) is 0 Å². The van der Waals surface area contributed by atoms with Gasteiger partial charge in [0.15, 0.2) is 0 Å². The fourth-order valence-electron chi connectivity index (χ4n) is 4.43. The molecule has 0 heterocycles. The van der Waals surface area contributed by atoms with Crippen LogP contribution >= 0.6 is 47.8 Å². The van der Waals surface area contributed by atoms with Crippen LogP contribution in [0.15, 0.2) is 24.3 Å². The van der Waals surface area contributed by atoms with E-state index >= 15 is 0 Å². The Bertz CT molecular complexity index is 1220. The predicted molar refractivity (Wildman–Crippen MR) is 215 cm³/mol. The van der Waals surface area contributed by atoms with Crippen molar-refractivity contribution in [3.05, 3.63) is 57.6 Å². The first-order valence-electron chi connectivity index (χ1n) is 16.2. The third-order valence-electron chi connectivity index (χ3n) is 7.21. The van der Waals surface area contributed by atoms with Crippen LogP contribution in [0.3, 0.4) is 0 Å². The van der Waals surface area contributed by atoms with Crippen molar-refractivity contribution in [3.63, 3.8) is 0 Å². The number of carbonyl (C=O) groups is 2. The van der Waals surface area contributed by atoms with Gasteiger partial charge < -0.3 is 20.1 Å². The zero-order valence-corrected chi connectivity index (χ0v) is 35.4. The normalized spacial score (nSPS) is 11.7. The molecule has 2 aromatic rings. The van der Waals surface area contributed by atoms with Gasteiger partial charge >= 0.3 is 11.9 Å². The number of carboxylic acids is 1. The lowest BCUT2D eigenvalue weighted by molar-refractivity contribution is 0.0499. The van der Waals surface area contributed by atoms with Crippen molar-refractivity contribution < 1.29 is 29.6 Å². The van der Waals surface area contributed by atoms with Gasteiger partial charge in [0.2, 0.25) is 0 Å². The third kappa shape index (κ3) is 16.4. The molecule has 0 saturated carbocycles. The Balaban J connectivity index is 0. The Morgan fingerprint density at radius 1 is 0.562 bits per heavy atom. The maximum Gasteiger partial charge on any atom is 0.338 e. The first-order chi connectivity index (χ1) is 21.3. The average Bonchev–Trinajstić information content (AvgIpc) is 2.92. The van der Waals surface area contributed by atoms with E-state index in [0.29, 0.717) is 23.3 Å². The van der Waals surface area contributed by atoms with Crippen LogP contribution in [0.25, 0.3) is 0 Å². The summed E-state index contributed by atoms with van der Waals surface area (Å²) >= 11 is 10.0. The van der Waals surface area contributed by atoms with Crippen LogP contribution in [0.4, 0.5) is 0 Å². The van der Waals surface area contributed by atoms with Gasteiger partial charge in [-0.25, -0.2) is 9.59 Å². The highest BCUT2D eigenvalue weighted by molar-refractivity contribution is 9.09. The molecule has 0 aliphatic rings. The smallest absolute Gasteiger partial charge is 0.338 e. The van der Waals surface area contributed by atoms with Crippen LogP contribution in [-0.2, 0) is 26.4 Å². The average molecular weight is 868 g/mol. The summed E-state index contributed by atoms with van der Waals surface area (Å²) in [6.07, 6.45) is 4.38. The molecular weight excluding hydrogens is 804 g/mol. The molecule has 0 bridgehead atoms. The molecule has 0 saturated heterocycles. The molecule has 0 unspecified atom stereocenters. The number of esters is 1. The SMILES string of the molecule is BrCCCCBr.C.CC(C)(C)c1cc(C(=O)O)cc(C(C)(C)C)c1O.CC(C)(C)c1cc(C(=O)OCCCCBr)cc(C(C)(C)C)c1O. The van der Waals surface area contributed by atoms with E-state index < -0.39 is 5.97 Å². The summed E-state index contributed by atoms with van der Waals surface area (Å²) in [7, 11) is 0. The summed E-state index contributed by atoms with van der Waals surface area (Å²) < 4.78 is 5.36. The van der Waals surface area contributed by atoms with Gasteiger partial charge in [0, 0.05) is 38.2 Å². The number of carboxylic acid groups (broad SMARTS) is 1. The molecule has 0 atom stereocenters. The van der Waals surface area contributed by atoms with E-state index in [4.69, 9.17) is 4.74 Å². The van der Waals surface area contributed by atoms with Crippen LogP contribution in [0.5, 0.6) is 11.5 Å². The molecule has 0 amide bonds. The first-order valence-corrected chi connectivity index (χ1v) is 19.5. The molecule has 2 rings (SSSR count). The lowest BCUT2D eigenvalue weighted by Gasteiger charge is -2.28. The van der Waals surface area contributed by atoms with Crippen molar-refractivity contribution in [3.8, 4) is 11.5 Å². The van der Waals surface area contributed by atoms with Gasteiger partial charge in [-0.05, 0) is 71.6 Å². The number of phenols is 2. The molecule has 2 aromatic carbocycles. The van der Waals surface area contributed by atoms with Crippen molar-refractivity contribution in [2.45, 2.75) is 138 Å². The monoisotopic (exact) mass is 864 g/mol. The van der Waals surface area contributed by atoms with Crippen LogP contribution < -0.4 is 0 Å². The van der Waals surface area contributed by atoms with Crippen LogP contribution in [0.1, 0.15) is 159 Å². The number of aromatic carboxylic acids is 1. The van der Waals surface area contributed by atoms with E-state index in [1.165, 1.54) is 12.8 Å². The summed E-state index contributed by atoms with van der Waals surface area (Å²) in [5.74, 6) is -0.803. The van der Waals surface area contributed by atoms with Crippen LogP contribution in [0, 0.1) is 0 Å². The minimum atomic E-state index is -0.967. The van der Waals surface area contributed by atoms with E-state index in [2.05, 4.69) is 47.8 Å². The Morgan fingerprint density at radius 2 is 0.833 bits per heavy atom. The molecule has 0 spiro atoms. The Kier molecular flexibility index (Phi) is 21.2. The highest BCUT2D eigenvalue weighted by Crippen LogP contribution is 2.41. The number of hydrogen-bond donors (Lipinski definition) is 3. The molecule has 0 aliphatic carbocycles.